The van der Waals surface area contributed by atoms with Crippen LogP contribution in [0.5, 0.6) is 5.75 Å². The van der Waals surface area contributed by atoms with Crippen LogP contribution in [-0.2, 0) is 0 Å². The fourth-order valence-corrected chi connectivity index (χ4v) is 2.64. The molecule has 0 unspecified atom stereocenters. The second-order valence-electron chi connectivity index (χ2n) is 4.56. The number of ketones is 1. The standard InChI is InChI=1S/C16H14Br2O2/c1-10-7-12(8-11(2)16(10)18)20-9-15(19)13-5-3-4-6-14(13)17/h3-8H,9H2,1-2H3. The number of Topliss-reactive ketones (excluding diaryl/α,β-unsaturated/α-hetero) is 1. The van der Waals surface area contributed by atoms with E-state index < -0.39 is 0 Å². The Hall–Kier alpha value is -1.13. The Bertz CT molecular complexity index is 628. The molecular formula is C16H14Br2O2. The highest BCUT2D eigenvalue weighted by atomic mass is 79.9. The molecule has 0 aliphatic carbocycles. The summed E-state index contributed by atoms with van der Waals surface area (Å²) in [6, 6.07) is 11.2. The number of hydrogen-bond donors (Lipinski definition) is 0. The minimum atomic E-state index is -0.0456. The van der Waals surface area contributed by atoms with Gasteiger partial charge in [-0.1, -0.05) is 50.1 Å². The van der Waals surface area contributed by atoms with Gasteiger partial charge in [0.25, 0.3) is 0 Å². The third-order valence-corrected chi connectivity index (χ3v) is 4.90. The van der Waals surface area contributed by atoms with Gasteiger partial charge in [0.2, 0.25) is 5.78 Å². The summed E-state index contributed by atoms with van der Waals surface area (Å²) in [4.78, 5) is 12.1. The number of ether oxygens (including phenoxy) is 1. The van der Waals surface area contributed by atoms with Crippen molar-refractivity contribution in [3.63, 3.8) is 0 Å². The van der Waals surface area contributed by atoms with Gasteiger partial charge < -0.3 is 4.74 Å². The number of carbonyl (C=O) groups excluding carboxylic acids is 1. The summed E-state index contributed by atoms with van der Waals surface area (Å²) in [6.07, 6.45) is 0. The van der Waals surface area contributed by atoms with Crippen molar-refractivity contribution in [2.24, 2.45) is 0 Å². The van der Waals surface area contributed by atoms with Crippen LogP contribution in [0, 0.1) is 13.8 Å². The van der Waals surface area contributed by atoms with E-state index >= 15 is 0 Å². The lowest BCUT2D eigenvalue weighted by Gasteiger charge is -2.10. The van der Waals surface area contributed by atoms with E-state index in [2.05, 4.69) is 31.9 Å². The zero-order valence-corrected chi connectivity index (χ0v) is 14.4. The molecular weight excluding hydrogens is 384 g/mol. The lowest BCUT2D eigenvalue weighted by atomic mass is 10.1. The van der Waals surface area contributed by atoms with Crippen molar-refractivity contribution in [1.29, 1.82) is 0 Å². The van der Waals surface area contributed by atoms with Crippen molar-refractivity contribution in [1.82, 2.24) is 0 Å². The van der Waals surface area contributed by atoms with Gasteiger partial charge in [-0.2, -0.15) is 0 Å². The van der Waals surface area contributed by atoms with E-state index in [1.807, 2.05) is 44.2 Å². The second-order valence-corrected chi connectivity index (χ2v) is 6.21. The van der Waals surface area contributed by atoms with Crippen molar-refractivity contribution in [3.8, 4) is 5.75 Å². The summed E-state index contributed by atoms with van der Waals surface area (Å²) in [5.74, 6) is 0.666. The Morgan fingerprint density at radius 3 is 2.30 bits per heavy atom. The molecule has 104 valence electrons. The first-order chi connectivity index (χ1) is 9.49. The highest BCUT2D eigenvalue weighted by Gasteiger charge is 2.11. The van der Waals surface area contributed by atoms with Gasteiger partial charge >= 0.3 is 0 Å². The van der Waals surface area contributed by atoms with Crippen LogP contribution in [-0.4, -0.2) is 12.4 Å². The van der Waals surface area contributed by atoms with Gasteiger partial charge in [-0.25, -0.2) is 0 Å². The number of rotatable bonds is 4. The smallest absolute Gasteiger partial charge is 0.201 e. The number of carbonyl (C=O) groups is 1. The molecule has 0 radical (unpaired) electrons. The maximum absolute atomic E-state index is 12.1. The number of aryl methyl sites for hydroxylation is 2. The Labute approximate surface area is 135 Å². The lowest BCUT2D eigenvalue weighted by Crippen LogP contribution is -2.12. The predicted molar refractivity (Wildman–Crippen MR) is 87.6 cm³/mol. The van der Waals surface area contributed by atoms with E-state index in [9.17, 15) is 4.79 Å². The monoisotopic (exact) mass is 396 g/mol. The van der Waals surface area contributed by atoms with Crippen LogP contribution in [0.2, 0.25) is 0 Å². The molecule has 0 heterocycles. The first kappa shape index (κ1) is 15.3. The van der Waals surface area contributed by atoms with Crippen molar-refractivity contribution in [2.75, 3.05) is 6.61 Å². The summed E-state index contributed by atoms with van der Waals surface area (Å²) in [6.45, 7) is 4.03. The Kier molecular flexibility index (Phi) is 5.00. The van der Waals surface area contributed by atoms with Gasteiger partial charge in [-0.15, -0.1) is 0 Å². The fourth-order valence-electron chi connectivity index (χ4n) is 1.90. The third kappa shape index (κ3) is 3.49. The largest absolute Gasteiger partial charge is 0.485 e. The molecule has 0 atom stereocenters. The highest BCUT2D eigenvalue weighted by Crippen LogP contribution is 2.26. The molecule has 0 amide bonds. The molecule has 2 aromatic rings. The SMILES string of the molecule is Cc1cc(OCC(=O)c2ccccc2Br)cc(C)c1Br. The summed E-state index contributed by atoms with van der Waals surface area (Å²) >= 11 is 6.88. The third-order valence-electron chi connectivity index (χ3n) is 2.95. The van der Waals surface area contributed by atoms with Crippen LogP contribution in [0.3, 0.4) is 0 Å². The molecule has 4 heteroatoms. The van der Waals surface area contributed by atoms with Crippen LogP contribution < -0.4 is 4.74 Å². The Balaban J connectivity index is 2.10. The number of benzene rings is 2. The zero-order valence-electron chi connectivity index (χ0n) is 11.2. The van der Waals surface area contributed by atoms with Crippen LogP contribution in [0.1, 0.15) is 21.5 Å². The van der Waals surface area contributed by atoms with Crippen molar-refractivity contribution in [3.05, 3.63) is 62.0 Å². The van der Waals surface area contributed by atoms with Crippen LogP contribution in [0.4, 0.5) is 0 Å². The summed E-state index contributed by atoms with van der Waals surface area (Å²) < 4.78 is 7.46. The Morgan fingerprint density at radius 2 is 1.70 bits per heavy atom. The predicted octanol–water partition coefficient (Wildman–Crippen LogP) is 5.09. The van der Waals surface area contributed by atoms with Gasteiger partial charge in [0.1, 0.15) is 5.75 Å². The number of halogens is 2. The summed E-state index contributed by atoms with van der Waals surface area (Å²) in [5, 5.41) is 0. The summed E-state index contributed by atoms with van der Waals surface area (Å²) in [5.41, 5.74) is 2.82. The molecule has 0 aliphatic rings. The van der Waals surface area contributed by atoms with Crippen molar-refractivity contribution < 1.29 is 9.53 Å². The van der Waals surface area contributed by atoms with E-state index in [-0.39, 0.29) is 12.4 Å². The maximum Gasteiger partial charge on any atom is 0.201 e. The van der Waals surface area contributed by atoms with Crippen LogP contribution >= 0.6 is 31.9 Å². The van der Waals surface area contributed by atoms with E-state index in [4.69, 9.17) is 4.74 Å². The molecule has 0 bridgehead atoms. The average molecular weight is 398 g/mol. The highest BCUT2D eigenvalue weighted by molar-refractivity contribution is 9.10. The molecule has 0 spiro atoms. The van der Waals surface area contributed by atoms with E-state index in [0.717, 1.165) is 20.1 Å². The molecule has 0 saturated heterocycles. The van der Waals surface area contributed by atoms with E-state index in [0.29, 0.717) is 11.3 Å². The fraction of sp³-hybridized carbons (Fsp3) is 0.188. The van der Waals surface area contributed by atoms with Crippen molar-refractivity contribution >= 4 is 37.6 Å². The van der Waals surface area contributed by atoms with Crippen molar-refractivity contribution in [2.45, 2.75) is 13.8 Å². The van der Waals surface area contributed by atoms with Crippen LogP contribution in [0.15, 0.2) is 45.3 Å². The topological polar surface area (TPSA) is 26.3 Å². The molecule has 20 heavy (non-hydrogen) atoms. The van der Waals surface area contributed by atoms with Crippen LogP contribution in [0.25, 0.3) is 0 Å². The Morgan fingerprint density at radius 1 is 1.10 bits per heavy atom. The minimum absolute atomic E-state index is 0.0309. The first-order valence-corrected chi connectivity index (χ1v) is 7.75. The molecule has 2 aromatic carbocycles. The van der Waals surface area contributed by atoms with Gasteiger partial charge in [-0.05, 0) is 43.2 Å². The quantitative estimate of drug-likeness (QED) is 0.671. The van der Waals surface area contributed by atoms with Gasteiger partial charge in [0.05, 0.1) is 0 Å². The molecule has 0 saturated carbocycles. The lowest BCUT2D eigenvalue weighted by molar-refractivity contribution is 0.0920. The zero-order chi connectivity index (χ0) is 14.7. The molecule has 2 rings (SSSR count). The first-order valence-electron chi connectivity index (χ1n) is 6.16. The molecule has 0 aliphatic heterocycles. The van der Waals surface area contributed by atoms with E-state index in [1.54, 1.807) is 6.07 Å². The molecule has 0 fully saturated rings. The normalized spacial score (nSPS) is 10.4. The molecule has 2 nitrogen and oxygen atoms in total. The summed E-state index contributed by atoms with van der Waals surface area (Å²) in [7, 11) is 0. The number of hydrogen-bond acceptors (Lipinski definition) is 2. The minimum Gasteiger partial charge on any atom is -0.485 e. The molecule has 0 aromatic heterocycles. The van der Waals surface area contributed by atoms with Gasteiger partial charge in [-0.3, -0.25) is 4.79 Å². The molecule has 0 N–H and O–H groups in total. The average Bonchev–Trinajstić information content (AvgIpc) is 2.42. The van der Waals surface area contributed by atoms with Gasteiger partial charge in [0.15, 0.2) is 6.61 Å². The van der Waals surface area contributed by atoms with Gasteiger partial charge in [0, 0.05) is 14.5 Å². The van der Waals surface area contributed by atoms with E-state index in [1.165, 1.54) is 0 Å². The maximum atomic E-state index is 12.1. The second kappa shape index (κ2) is 6.55.